The lowest BCUT2D eigenvalue weighted by Gasteiger charge is -2.10. The van der Waals surface area contributed by atoms with Crippen molar-refractivity contribution in [3.05, 3.63) is 65.4 Å². The Bertz CT molecular complexity index is 726. The minimum atomic E-state index is -0.0798. The minimum absolute atomic E-state index is 0.0798. The summed E-state index contributed by atoms with van der Waals surface area (Å²) in [4.78, 5) is 0. The Morgan fingerprint density at radius 1 is 1.10 bits per heavy atom. The smallest absolute Gasteiger partial charge is 0.0873 e. The fourth-order valence-electron chi connectivity index (χ4n) is 2.59. The second-order valence-electron chi connectivity index (χ2n) is 5.32. The molecule has 3 rings (SSSR count). The molecule has 0 aliphatic carbocycles. The van der Waals surface area contributed by atoms with Crippen molar-refractivity contribution >= 4 is 10.9 Å². The van der Waals surface area contributed by atoms with Crippen LogP contribution in [0.3, 0.4) is 0 Å². The standard InChI is InChI=1S/C17H19N3/c1-12-7-9-13(10-8-12)11-15(18)17-14-5-3-4-6-16(14)20(2)19-17/h3-10,15H,11,18H2,1-2H3. The maximum atomic E-state index is 6.37. The average Bonchev–Trinajstić information content (AvgIpc) is 2.79. The third kappa shape index (κ3) is 2.32. The molecule has 0 spiro atoms. The lowest BCUT2D eigenvalue weighted by molar-refractivity contribution is 0.665. The first-order valence-corrected chi connectivity index (χ1v) is 6.88. The number of nitrogens with two attached hydrogens (primary N) is 1. The zero-order valence-corrected chi connectivity index (χ0v) is 11.9. The molecule has 0 aliphatic heterocycles. The van der Waals surface area contributed by atoms with E-state index in [2.05, 4.69) is 48.4 Å². The van der Waals surface area contributed by atoms with E-state index in [1.807, 2.05) is 23.9 Å². The van der Waals surface area contributed by atoms with Crippen molar-refractivity contribution < 1.29 is 0 Å². The highest BCUT2D eigenvalue weighted by Crippen LogP contribution is 2.24. The van der Waals surface area contributed by atoms with Gasteiger partial charge in [-0.1, -0.05) is 48.0 Å². The summed E-state index contributed by atoms with van der Waals surface area (Å²) in [7, 11) is 1.96. The van der Waals surface area contributed by atoms with Crippen molar-refractivity contribution in [1.29, 1.82) is 0 Å². The van der Waals surface area contributed by atoms with Crippen LogP contribution in [-0.2, 0) is 13.5 Å². The fraction of sp³-hybridized carbons (Fsp3) is 0.235. The van der Waals surface area contributed by atoms with E-state index in [1.54, 1.807) is 0 Å². The van der Waals surface area contributed by atoms with Gasteiger partial charge in [0.2, 0.25) is 0 Å². The minimum Gasteiger partial charge on any atom is -0.322 e. The molecule has 1 aromatic heterocycles. The quantitative estimate of drug-likeness (QED) is 0.790. The van der Waals surface area contributed by atoms with Gasteiger partial charge < -0.3 is 5.73 Å². The summed E-state index contributed by atoms with van der Waals surface area (Å²) < 4.78 is 1.90. The Morgan fingerprint density at radius 2 is 1.80 bits per heavy atom. The summed E-state index contributed by atoms with van der Waals surface area (Å²) in [6, 6.07) is 16.7. The number of aromatic nitrogens is 2. The second-order valence-corrected chi connectivity index (χ2v) is 5.32. The number of rotatable bonds is 3. The predicted molar refractivity (Wildman–Crippen MR) is 82.5 cm³/mol. The molecule has 2 aromatic carbocycles. The number of hydrogen-bond donors (Lipinski definition) is 1. The third-order valence-corrected chi connectivity index (χ3v) is 3.71. The van der Waals surface area contributed by atoms with Crippen LogP contribution < -0.4 is 5.73 Å². The van der Waals surface area contributed by atoms with Crippen LogP contribution in [0.15, 0.2) is 48.5 Å². The van der Waals surface area contributed by atoms with E-state index < -0.39 is 0 Å². The molecule has 0 fully saturated rings. The highest BCUT2D eigenvalue weighted by molar-refractivity contribution is 5.82. The van der Waals surface area contributed by atoms with E-state index in [9.17, 15) is 0 Å². The Balaban J connectivity index is 1.92. The van der Waals surface area contributed by atoms with Crippen LogP contribution in [0.25, 0.3) is 10.9 Å². The highest BCUT2D eigenvalue weighted by Gasteiger charge is 2.15. The summed E-state index contributed by atoms with van der Waals surface area (Å²) in [5.41, 5.74) is 11.0. The van der Waals surface area contributed by atoms with Crippen LogP contribution in [0.5, 0.6) is 0 Å². The van der Waals surface area contributed by atoms with Crippen LogP contribution in [0.2, 0.25) is 0 Å². The van der Waals surface area contributed by atoms with Crippen molar-refractivity contribution in [2.45, 2.75) is 19.4 Å². The van der Waals surface area contributed by atoms with Gasteiger partial charge >= 0.3 is 0 Å². The van der Waals surface area contributed by atoms with Crippen molar-refractivity contribution in [3.63, 3.8) is 0 Å². The maximum Gasteiger partial charge on any atom is 0.0873 e. The van der Waals surface area contributed by atoms with E-state index in [0.29, 0.717) is 0 Å². The maximum absolute atomic E-state index is 6.37. The molecule has 1 atom stereocenters. The van der Waals surface area contributed by atoms with Crippen molar-refractivity contribution in [1.82, 2.24) is 9.78 Å². The van der Waals surface area contributed by atoms with Crippen LogP contribution in [0.4, 0.5) is 0 Å². The monoisotopic (exact) mass is 265 g/mol. The average molecular weight is 265 g/mol. The molecule has 3 aromatic rings. The van der Waals surface area contributed by atoms with Gasteiger partial charge in [-0.2, -0.15) is 5.10 Å². The van der Waals surface area contributed by atoms with E-state index in [4.69, 9.17) is 5.73 Å². The lowest BCUT2D eigenvalue weighted by atomic mass is 10.0. The molecule has 0 amide bonds. The Labute approximate surface area is 119 Å². The highest BCUT2D eigenvalue weighted by atomic mass is 15.3. The molecule has 0 bridgehead atoms. The van der Waals surface area contributed by atoms with Gasteiger partial charge in [-0.25, -0.2) is 0 Å². The molecule has 0 aliphatic rings. The van der Waals surface area contributed by atoms with Crippen molar-refractivity contribution in [3.8, 4) is 0 Å². The summed E-state index contributed by atoms with van der Waals surface area (Å²) in [6.45, 7) is 2.09. The van der Waals surface area contributed by atoms with Crippen LogP contribution in [0.1, 0.15) is 22.9 Å². The first-order valence-electron chi connectivity index (χ1n) is 6.88. The number of fused-ring (bicyclic) bond motifs is 1. The summed E-state index contributed by atoms with van der Waals surface area (Å²) >= 11 is 0. The van der Waals surface area contributed by atoms with Gasteiger partial charge in [0.15, 0.2) is 0 Å². The first kappa shape index (κ1) is 12.9. The van der Waals surface area contributed by atoms with Gasteiger partial charge in [0.1, 0.15) is 0 Å². The fourth-order valence-corrected chi connectivity index (χ4v) is 2.59. The largest absolute Gasteiger partial charge is 0.322 e. The molecule has 0 saturated carbocycles. The first-order chi connectivity index (χ1) is 9.65. The molecule has 1 heterocycles. The topological polar surface area (TPSA) is 43.8 Å². The molecule has 0 radical (unpaired) electrons. The zero-order chi connectivity index (χ0) is 14.1. The molecule has 3 heteroatoms. The van der Waals surface area contributed by atoms with Gasteiger partial charge in [-0.15, -0.1) is 0 Å². The van der Waals surface area contributed by atoms with Gasteiger partial charge in [0.05, 0.1) is 17.3 Å². The molecule has 20 heavy (non-hydrogen) atoms. The van der Waals surface area contributed by atoms with E-state index in [1.165, 1.54) is 11.1 Å². The molecule has 102 valence electrons. The number of nitrogens with zero attached hydrogens (tertiary/aromatic N) is 2. The van der Waals surface area contributed by atoms with Crippen LogP contribution >= 0.6 is 0 Å². The predicted octanol–water partition coefficient (Wildman–Crippen LogP) is 3.12. The SMILES string of the molecule is Cc1ccc(CC(N)c2nn(C)c3ccccc23)cc1. The second kappa shape index (κ2) is 5.10. The Hall–Kier alpha value is -2.13. The van der Waals surface area contributed by atoms with Gasteiger partial charge in [-0.3, -0.25) is 4.68 Å². The van der Waals surface area contributed by atoms with E-state index in [-0.39, 0.29) is 6.04 Å². The van der Waals surface area contributed by atoms with Crippen LogP contribution in [-0.4, -0.2) is 9.78 Å². The molecule has 2 N–H and O–H groups in total. The van der Waals surface area contributed by atoms with Crippen molar-refractivity contribution in [2.24, 2.45) is 12.8 Å². The van der Waals surface area contributed by atoms with E-state index >= 15 is 0 Å². The third-order valence-electron chi connectivity index (χ3n) is 3.71. The Kier molecular flexibility index (Phi) is 3.28. The molecule has 1 unspecified atom stereocenters. The molecular formula is C17H19N3. The molecular weight excluding hydrogens is 246 g/mol. The van der Waals surface area contributed by atoms with Gasteiger partial charge in [0, 0.05) is 12.4 Å². The van der Waals surface area contributed by atoms with Crippen molar-refractivity contribution in [2.75, 3.05) is 0 Å². The molecule has 3 nitrogen and oxygen atoms in total. The van der Waals surface area contributed by atoms with Crippen LogP contribution in [0, 0.1) is 6.92 Å². The zero-order valence-electron chi connectivity index (χ0n) is 11.9. The normalized spacial score (nSPS) is 12.8. The number of benzene rings is 2. The summed E-state index contributed by atoms with van der Waals surface area (Å²) in [6.07, 6.45) is 0.807. The number of hydrogen-bond acceptors (Lipinski definition) is 2. The van der Waals surface area contributed by atoms with Gasteiger partial charge in [0.25, 0.3) is 0 Å². The molecule has 0 saturated heterocycles. The summed E-state index contributed by atoms with van der Waals surface area (Å²) in [5.74, 6) is 0. The Morgan fingerprint density at radius 3 is 2.55 bits per heavy atom. The van der Waals surface area contributed by atoms with E-state index in [0.717, 1.165) is 23.0 Å². The lowest BCUT2D eigenvalue weighted by Crippen LogP contribution is -2.14. The summed E-state index contributed by atoms with van der Waals surface area (Å²) in [5, 5.41) is 5.74. The number of aryl methyl sites for hydroxylation is 2. The van der Waals surface area contributed by atoms with Gasteiger partial charge in [-0.05, 0) is 25.0 Å². The number of para-hydroxylation sites is 1.